The molecule has 8 nitrogen and oxygen atoms in total. The van der Waals surface area contributed by atoms with Crippen LogP contribution in [0.15, 0.2) is 58.7 Å². The summed E-state index contributed by atoms with van der Waals surface area (Å²) < 4.78 is 0. The van der Waals surface area contributed by atoms with Gasteiger partial charge in [-0.2, -0.15) is 10.2 Å². The number of nitrogens with one attached hydrogen (secondary N) is 2. The second-order valence-electron chi connectivity index (χ2n) is 6.68. The number of benzene rings is 2. The lowest BCUT2D eigenvalue weighted by Gasteiger charge is -2.02. The quantitative estimate of drug-likeness (QED) is 0.258. The molecule has 0 bridgehead atoms. The number of carbonyl (C=O) groups excluding carboxylic acids is 2. The summed E-state index contributed by atoms with van der Waals surface area (Å²) in [6.07, 6.45) is 6.91. The molecule has 2 rings (SSSR count). The molecule has 0 saturated heterocycles. The number of hydrogen-bond donors (Lipinski definition) is 4. The molecule has 0 unspecified atom stereocenters. The van der Waals surface area contributed by atoms with Gasteiger partial charge < -0.3 is 10.2 Å². The number of hydrazone groups is 2. The summed E-state index contributed by atoms with van der Waals surface area (Å²) in [5.74, 6) is 0.0311. The van der Waals surface area contributed by atoms with E-state index in [1.165, 1.54) is 12.4 Å². The van der Waals surface area contributed by atoms with Gasteiger partial charge in [0.25, 0.3) is 0 Å². The molecule has 0 saturated carbocycles. The van der Waals surface area contributed by atoms with Crippen LogP contribution in [0, 0.1) is 0 Å². The molecule has 0 atom stereocenters. The van der Waals surface area contributed by atoms with Gasteiger partial charge in [-0.25, -0.2) is 10.9 Å². The minimum atomic E-state index is -0.161. The first-order chi connectivity index (χ1) is 14.5. The Morgan fingerprint density at radius 3 is 1.40 bits per heavy atom. The van der Waals surface area contributed by atoms with Crippen molar-refractivity contribution < 1.29 is 19.8 Å². The predicted molar refractivity (Wildman–Crippen MR) is 115 cm³/mol. The van der Waals surface area contributed by atoms with Crippen LogP contribution in [-0.4, -0.2) is 34.5 Å². The van der Waals surface area contributed by atoms with Crippen molar-refractivity contribution in [2.45, 2.75) is 38.5 Å². The van der Waals surface area contributed by atoms with Gasteiger partial charge in [-0.1, -0.05) is 12.8 Å². The van der Waals surface area contributed by atoms with Crippen molar-refractivity contribution in [1.29, 1.82) is 0 Å². The third-order valence-electron chi connectivity index (χ3n) is 4.15. The maximum absolute atomic E-state index is 11.7. The smallest absolute Gasteiger partial charge is 0.240 e. The standard InChI is InChI=1S/C22H26N4O4/c27-19-11-7-17(8-12-19)15-23-25-21(29)5-3-1-2-4-6-22(30)26-24-16-18-9-13-20(28)14-10-18/h7-16,27-28H,1-6H2,(H,25,29)(H,26,30)/b23-15-,24-16-. The topological polar surface area (TPSA) is 123 Å². The average molecular weight is 410 g/mol. The number of unbranched alkanes of at least 4 members (excludes halogenated alkanes) is 3. The van der Waals surface area contributed by atoms with Crippen molar-refractivity contribution in [3.63, 3.8) is 0 Å². The highest BCUT2D eigenvalue weighted by atomic mass is 16.3. The van der Waals surface area contributed by atoms with Crippen LogP contribution >= 0.6 is 0 Å². The Morgan fingerprint density at radius 2 is 1.03 bits per heavy atom. The van der Waals surface area contributed by atoms with E-state index in [1.807, 2.05) is 0 Å². The number of aromatic hydroxyl groups is 2. The van der Waals surface area contributed by atoms with Gasteiger partial charge in [0.15, 0.2) is 0 Å². The lowest BCUT2D eigenvalue weighted by molar-refractivity contribution is -0.122. The van der Waals surface area contributed by atoms with E-state index in [9.17, 15) is 19.8 Å². The molecule has 0 aromatic heterocycles. The number of hydrogen-bond acceptors (Lipinski definition) is 6. The van der Waals surface area contributed by atoms with Crippen molar-refractivity contribution >= 4 is 24.2 Å². The van der Waals surface area contributed by atoms with Crippen LogP contribution in [0.4, 0.5) is 0 Å². The first-order valence-electron chi connectivity index (χ1n) is 9.75. The Bertz CT molecular complexity index is 788. The van der Waals surface area contributed by atoms with Crippen molar-refractivity contribution in [2.24, 2.45) is 10.2 Å². The number of phenolic OH excluding ortho intramolecular Hbond substituents is 2. The molecule has 0 spiro atoms. The van der Waals surface area contributed by atoms with Crippen LogP contribution in [0.5, 0.6) is 11.5 Å². The van der Waals surface area contributed by atoms with Gasteiger partial charge in [0.1, 0.15) is 11.5 Å². The summed E-state index contributed by atoms with van der Waals surface area (Å²) in [6.45, 7) is 0. The highest BCUT2D eigenvalue weighted by Crippen LogP contribution is 2.09. The summed E-state index contributed by atoms with van der Waals surface area (Å²) in [5.41, 5.74) is 6.49. The van der Waals surface area contributed by atoms with E-state index < -0.39 is 0 Å². The van der Waals surface area contributed by atoms with Gasteiger partial charge in [-0.3, -0.25) is 9.59 Å². The fourth-order valence-electron chi connectivity index (χ4n) is 2.51. The molecule has 2 amide bonds. The number of phenols is 2. The number of carbonyl (C=O) groups is 2. The second kappa shape index (κ2) is 12.7. The second-order valence-corrected chi connectivity index (χ2v) is 6.68. The molecule has 0 fully saturated rings. The molecular weight excluding hydrogens is 384 g/mol. The molecule has 0 aliphatic rings. The SMILES string of the molecule is O=C(CCCCCCC(=O)N/N=C\c1ccc(O)cc1)N/N=C\c1ccc(O)cc1. The van der Waals surface area contributed by atoms with Crippen molar-refractivity contribution in [3.05, 3.63) is 59.7 Å². The molecule has 0 aliphatic heterocycles. The van der Waals surface area contributed by atoms with Crippen molar-refractivity contribution in [3.8, 4) is 11.5 Å². The van der Waals surface area contributed by atoms with Crippen molar-refractivity contribution in [1.82, 2.24) is 10.9 Å². The highest BCUT2D eigenvalue weighted by Gasteiger charge is 2.02. The van der Waals surface area contributed by atoms with Crippen molar-refractivity contribution in [2.75, 3.05) is 0 Å². The van der Waals surface area contributed by atoms with E-state index in [2.05, 4.69) is 21.1 Å². The van der Waals surface area contributed by atoms with Gasteiger partial charge in [-0.15, -0.1) is 0 Å². The fourth-order valence-corrected chi connectivity index (χ4v) is 2.51. The fraction of sp³-hybridized carbons (Fsp3) is 0.273. The molecule has 158 valence electrons. The summed E-state index contributed by atoms with van der Waals surface area (Å²) in [7, 11) is 0. The van der Waals surface area contributed by atoms with Crippen LogP contribution in [-0.2, 0) is 9.59 Å². The Morgan fingerprint density at radius 1 is 0.667 bits per heavy atom. The molecule has 8 heteroatoms. The third-order valence-corrected chi connectivity index (χ3v) is 4.15. The predicted octanol–water partition coefficient (Wildman–Crippen LogP) is 3.04. The zero-order valence-electron chi connectivity index (χ0n) is 16.6. The van der Waals surface area contributed by atoms with E-state index >= 15 is 0 Å². The molecule has 30 heavy (non-hydrogen) atoms. The lowest BCUT2D eigenvalue weighted by atomic mass is 10.1. The van der Waals surface area contributed by atoms with E-state index in [0.717, 1.165) is 36.8 Å². The Labute approximate surface area is 175 Å². The van der Waals surface area contributed by atoms with Crippen LogP contribution < -0.4 is 10.9 Å². The summed E-state index contributed by atoms with van der Waals surface area (Å²) in [5, 5.41) is 26.2. The van der Waals surface area contributed by atoms with Gasteiger partial charge in [0.05, 0.1) is 12.4 Å². The summed E-state index contributed by atoms with van der Waals surface area (Å²) in [4.78, 5) is 23.4. The third kappa shape index (κ3) is 9.50. The minimum absolute atomic E-state index is 0.161. The normalized spacial score (nSPS) is 11.1. The molecule has 0 aliphatic carbocycles. The van der Waals surface area contributed by atoms with Gasteiger partial charge >= 0.3 is 0 Å². The zero-order valence-corrected chi connectivity index (χ0v) is 16.6. The van der Waals surface area contributed by atoms with Crippen LogP contribution in [0.2, 0.25) is 0 Å². The zero-order chi connectivity index (χ0) is 21.6. The Balaban J connectivity index is 1.49. The maximum atomic E-state index is 11.7. The van der Waals surface area contributed by atoms with Gasteiger partial charge in [-0.05, 0) is 72.5 Å². The average Bonchev–Trinajstić information content (AvgIpc) is 2.73. The van der Waals surface area contributed by atoms with E-state index in [0.29, 0.717) is 12.8 Å². The van der Waals surface area contributed by atoms with Crippen LogP contribution in [0.3, 0.4) is 0 Å². The van der Waals surface area contributed by atoms with Gasteiger partial charge in [0.2, 0.25) is 11.8 Å². The highest BCUT2D eigenvalue weighted by molar-refractivity contribution is 5.83. The number of amides is 2. The Hall–Kier alpha value is -3.68. The monoisotopic (exact) mass is 410 g/mol. The minimum Gasteiger partial charge on any atom is -0.508 e. The largest absolute Gasteiger partial charge is 0.508 e. The van der Waals surface area contributed by atoms with Crippen LogP contribution in [0.1, 0.15) is 49.7 Å². The van der Waals surface area contributed by atoms with Crippen LogP contribution in [0.25, 0.3) is 0 Å². The molecule has 2 aromatic carbocycles. The first kappa shape index (κ1) is 22.6. The molecule has 0 heterocycles. The van der Waals surface area contributed by atoms with E-state index in [-0.39, 0.29) is 23.3 Å². The molecule has 2 aromatic rings. The summed E-state index contributed by atoms with van der Waals surface area (Å²) >= 11 is 0. The lowest BCUT2D eigenvalue weighted by Crippen LogP contribution is -2.17. The number of rotatable bonds is 11. The molecular formula is C22H26N4O4. The summed E-state index contributed by atoms with van der Waals surface area (Å²) in [6, 6.07) is 13.0. The number of nitrogens with zero attached hydrogens (tertiary/aromatic N) is 2. The van der Waals surface area contributed by atoms with E-state index in [4.69, 9.17) is 0 Å². The Kier molecular flexibility index (Phi) is 9.58. The molecule has 4 N–H and O–H groups in total. The molecule has 0 radical (unpaired) electrons. The van der Waals surface area contributed by atoms with Gasteiger partial charge in [0, 0.05) is 12.8 Å². The maximum Gasteiger partial charge on any atom is 0.240 e. The first-order valence-corrected chi connectivity index (χ1v) is 9.75. The van der Waals surface area contributed by atoms with E-state index in [1.54, 1.807) is 48.5 Å².